The molecule has 2 atom stereocenters. The van der Waals surface area contributed by atoms with Crippen LogP contribution in [0.2, 0.25) is 0 Å². The Kier molecular flexibility index (Phi) is 5.42. The molecule has 0 spiro atoms. The molecule has 168 valence electrons. The molecule has 2 amide bonds. The summed E-state index contributed by atoms with van der Waals surface area (Å²) in [6.45, 7) is 4.68. The van der Waals surface area contributed by atoms with E-state index in [1.807, 2.05) is 43.0 Å². The van der Waals surface area contributed by atoms with Crippen LogP contribution in [0.25, 0.3) is 10.9 Å². The number of amides is 2. The van der Waals surface area contributed by atoms with Crippen LogP contribution in [0.5, 0.6) is 0 Å². The lowest BCUT2D eigenvalue weighted by Crippen LogP contribution is -2.51. The molecule has 8 nitrogen and oxygen atoms in total. The van der Waals surface area contributed by atoms with Gasteiger partial charge in [0.1, 0.15) is 6.04 Å². The summed E-state index contributed by atoms with van der Waals surface area (Å²) in [6.07, 6.45) is 7.49. The van der Waals surface area contributed by atoms with E-state index in [0.29, 0.717) is 25.1 Å². The van der Waals surface area contributed by atoms with Crippen molar-refractivity contribution in [3.8, 4) is 0 Å². The van der Waals surface area contributed by atoms with Crippen molar-refractivity contribution >= 4 is 22.7 Å². The minimum absolute atomic E-state index is 0.00914. The molecule has 2 aromatic carbocycles. The number of hydrogen-bond acceptors (Lipinski definition) is 4. The SMILES string of the molecule is Cc1ccc2[nH]ncc2c1C(=O)NCC1Cc2ccccc2CN1C(=O)C(C)n1ccnc1. The highest BCUT2D eigenvalue weighted by Crippen LogP contribution is 2.26. The molecule has 5 rings (SSSR count). The van der Waals surface area contributed by atoms with Crippen molar-refractivity contribution in [2.75, 3.05) is 6.54 Å². The van der Waals surface area contributed by atoms with Gasteiger partial charge >= 0.3 is 0 Å². The fourth-order valence-electron chi connectivity index (χ4n) is 4.62. The number of nitrogens with zero attached hydrogens (tertiary/aromatic N) is 4. The van der Waals surface area contributed by atoms with E-state index in [0.717, 1.165) is 22.0 Å². The average molecular weight is 443 g/mol. The molecule has 8 heteroatoms. The van der Waals surface area contributed by atoms with Crippen LogP contribution in [0.1, 0.15) is 40.0 Å². The second-order valence-electron chi connectivity index (χ2n) is 8.58. The van der Waals surface area contributed by atoms with Gasteiger partial charge in [-0.1, -0.05) is 30.3 Å². The summed E-state index contributed by atoms with van der Waals surface area (Å²) in [5.41, 5.74) is 4.68. The van der Waals surface area contributed by atoms with Crippen LogP contribution in [0, 0.1) is 6.92 Å². The van der Waals surface area contributed by atoms with Crippen molar-refractivity contribution in [3.63, 3.8) is 0 Å². The van der Waals surface area contributed by atoms with Crippen molar-refractivity contribution in [2.45, 2.75) is 38.9 Å². The molecule has 2 unspecified atom stereocenters. The number of carbonyl (C=O) groups is 2. The summed E-state index contributed by atoms with van der Waals surface area (Å²) in [5, 5.41) is 10.9. The number of imidazole rings is 1. The first-order chi connectivity index (χ1) is 16.0. The van der Waals surface area contributed by atoms with Gasteiger partial charge in [0.05, 0.1) is 29.6 Å². The highest BCUT2D eigenvalue weighted by atomic mass is 16.2. The number of benzene rings is 2. The number of aromatic nitrogens is 4. The van der Waals surface area contributed by atoms with Crippen LogP contribution in [-0.2, 0) is 17.8 Å². The molecule has 1 aliphatic heterocycles. The van der Waals surface area contributed by atoms with E-state index in [2.05, 4.69) is 32.6 Å². The standard InChI is InChI=1S/C25H26N6O2/c1-16-7-8-22-21(13-28-29-22)23(16)24(32)27-12-20-11-18-5-3-4-6-19(18)14-31(20)25(33)17(2)30-10-9-26-15-30/h3-10,13,15,17,20H,11-12,14H2,1-2H3,(H,27,32)(H,28,29). The number of aryl methyl sites for hydroxylation is 1. The molecule has 3 heterocycles. The second kappa shape index (κ2) is 8.54. The normalized spacial score (nSPS) is 16.4. The molecule has 2 aromatic heterocycles. The second-order valence-corrected chi connectivity index (χ2v) is 8.58. The Balaban J connectivity index is 1.39. The number of aromatic amines is 1. The van der Waals surface area contributed by atoms with Crippen molar-refractivity contribution < 1.29 is 9.59 Å². The molecule has 2 N–H and O–H groups in total. The van der Waals surface area contributed by atoms with Gasteiger partial charge in [-0.2, -0.15) is 5.10 Å². The lowest BCUT2D eigenvalue weighted by molar-refractivity contribution is -0.137. The Morgan fingerprint density at radius 3 is 2.82 bits per heavy atom. The molecule has 0 bridgehead atoms. The number of nitrogens with one attached hydrogen (secondary N) is 2. The lowest BCUT2D eigenvalue weighted by Gasteiger charge is -2.38. The van der Waals surface area contributed by atoms with Gasteiger partial charge in [0.2, 0.25) is 5.91 Å². The zero-order valence-corrected chi connectivity index (χ0v) is 18.7. The third-order valence-electron chi connectivity index (χ3n) is 6.53. The minimum atomic E-state index is -0.377. The summed E-state index contributed by atoms with van der Waals surface area (Å²) in [4.78, 5) is 32.6. The van der Waals surface area contributed by atoms with Gasteiger partial charge in [-0.3, -0.25) is 14.7 Å². The number of H-pyrrole nitrogens is 1. The molecule has 33 heavy (non-hydrogen) atoms. The van der Waals surface area contributed by atoms with Crippen molar-refractivity contribution in [1.82, 2.24) is 30.0 Å². The van der Waals surface area contributed by atoms with Gasteiger partial charge in [0.15, 0.2) is 0 Å². The van der Waals surface area contributed by atoms with E-state index < -0.39 is 0 Å². The Morgan fingerprint density at radius 1 is 1.21 bits per heavy atom. The Hall–Kier alpha value is -3.94. The molecular weight excluding hydrogens is 416 g/mol. The van der Waals surface area contributed by atoms with Crippen LogP contribution in [-0.4, -0.2) is 49.0 Å². The van der Waals surface area contributed by atoms with Crippen LogP contribution >= 0.6 is 0 Å². The predicted octanol–water partition coefficient (Wildman–Crippen LogP) is 3.01. The number of hydrogen-bond donors (Lipinski definition) is 2. The van der Waals surface area contributed by atoms with Gasteiger partial charge < -0.3 is 14.8 Å². The maximum Gasteiger partial charge on any atom is 0.252 e. The fourth-order valence-corrected chi connectivity index (χ4v) is 4.62. The zero-order chi connectivity index (χ0) is 22.9. The van der Waals surface area contributed by atoms with Crippen LogP contribution in [0.4, 0.5) is 0 Å². The Morgan fingerprint density at radius 2 is 2.03 bits per heavy atom. The maximum atomic E-state index is 13.5. The molecule has 0 saturated heterocycles. The van der Waals surface area contributed by atoms with Crippen LogP contribution < -0.4 is 5.32 Å². The minimum Gasteiger partial charge on any atom is -0.350 e. The third kappa shape index (κ3) is 3.88. The summed E-state index contributed by atoms with van der Waals surface area (Å²) in [7, 11) is 0. The molecule has 1 aliphatic rings. The monoisotopic (exact) mass is 442 g/mol. The lowest BCUT2D eigenvalue weighted by atomic mass is 9.93. The number of carbonyl (C=O) groups excluding carboxylic acids is 2. The van der Waals surface area contributed by atoms with E-state index in [9.17, 15) is 9.59 Å². The maximum absolute atomic E-state index is 13.5. The number of rotatable bonds is 5. The molecule has 0 radical (unpaired) electrons. The first-order valence-corrected chi connectivity index (χ1v) is 11.1. The average Bonchev–Trinajstić information content (AvgIpc) is 3.53. The van der Waals surface area contributed by atoms with Crippen LogP contribution in [0.3, 0.4) is 0 Å². The van der Waals surface area contributed by atoms with Gasteiger partial charge in [0, 0.05) is 30.9 Å². The fraction of sp³-hybridized carbons (Fsp3) is 0.280. The van der Waals surface area contributed by atoms with E-state index in [4.69, 9.17) is 0 Å². The van der Waals surface area contributed by atoms with E-state index in [1.165, 1.54) is 5.56 Å². The smallest absolute Gasteiger partial charge is 0.252 e. The Labute approximate surface area is 191 Å². The van der Waals surface area contributed by atoms with E-state index >= 15 is 0 Å². The van der Waals surface area contributed by atoms with E-state index in [1.54, 1.807) is 29.5 Å². The quantitative estimate of drug-likeness (QED) is 0.497. The first-order valence-electron chi connectivity index (χ1n) is 11.1. The third-order valence-corrected chi connectivity index (χ3v) is 6.53. The molecule has 4 aromatic rings. The van der Waals surface area contributed by atoms with Crippen molar-refractivity contribution in [3.05, 3.63) is 83.6 Å². The van der Waals surface area contributed by atoms with Gasteiger partial charge in [0.25, 0.3) is 5.91 Å². The summed E-state index contributed by atoms with van der Waals surface area (Å²) in [6, 6.07) is 11.5. The van der Waals surface area contributed by atoms with E-state index in [-0.39, 0.29) is 23.9 Å². The van der Waals surface area contributed by atoms with Crippen molar-refractivity contribution in [1.29, 1.82) is 0 Å². The Bertz CT molecular complexity index is 1310. The van der Waals surface area contributed by atoms with Crippen LogP contribution in [0.15, 0.2) is 61.3 Å². The largest absolute Gasteiger partial charge is 0.350 e. The topological polar surface area (TPSA) is 95.9 Å². The summed E-state index contributed by atoms with van der Waals surface area (Å²) < 4.78 is 1.81. The number of fused-ring (bicyclic) bond motifs is 2. The van der Waals surface area contributed by atoms with Crippen molar-refractivity contribution in [2.24, 2.45) is 0 Å². The molecule has 0 saturated carbocycles. The highest BCUT2D eigenvalue weighted by Gasteiger charge is 2.33. The predicted molar refractivity (Wildman–Crippen MR) is 125 cm³/mol. The summed E-state index contributed by atoms with van der Waals surface area (Å²) in [5.74, 6) is -0.150. The zero-order valence-electron chi connectivity index (χ0n) is 18.7. The molecule has 0 fully saturated rings. The summed E-state index contributed by atoms with van der Waals surface area (Å²) >= 11 is 0. The highest BCUT2D eigenvalue weighted by molar-refractivity contribution is 6.07. The van der Waals surface area contributed by atoms with Gasteiger partial charge in [-0.15, -0.1) is 0 Å². The molecular formula is C25H26N6O2. The van der Waals surface area contributed by atoms with Gasteiger partial charge in [-0.25, -0.2) is 4.98 Å². The molecule has 0 aliphatic carbocycles. The first kappa shape index (κ1) is 20.9. The van der Waals surface area contributed by atoms with Gasteiger partial charge in [-0.05, 0) is 43.0 Å².